The highest BCUT2D eigenvalue weighted by Gasteiger charge is 2.36. The Kier molecular flexibility index (Phi) is 7.78. The molecule has 0 bridgehead atoms. The summed E-state index contributed by atoms with van der Waals surface area (Å²) in [7, 11) is -1.67. The van der Waals surface area contributed by atoms with Crippen molar-refractivity contribution in [2.45, 2.75) is 37.1 Å². The van der Waals surface area contributed by atoms with Crippen molar-refractivity contribution in [3.05, 3.63) is 70.0 Å². The zero-order chi connectivity index (χ0) is 29.6. The molecule has 3 heterocycles. The van der Waals surface area contributed by atoms with Gasteiger partial charge in [-0.1, -0.05) is 0 Å². The number of H-pyrrole nitrogens is 1. The van der Waals surface area contributed by atoms with E-state index in [9.17, 15) is 31.2 Å². The van der Waals surface area contributed by atoms with Gasteiger partial charge in [0.05, 0.1) is 22.5 Å². The lowest BCUT2D eigenvalue weighted by Gasteiger charge is -2.44. The first kappa shape index (κ1) is 29.2. The zero-order valence-corrected chi connectivity index (χ0v) is 22.8. The van der Waals surface area contributed by atoms with Gasteiger partial charge in [-0.3, -0.25) is 14.5 Å². The summed E-state index contributed by atoms with van der Waals surface area (Å²) in [5.41, 5.74) is -2.86. The molecule has 2 unspecified atom stereocenters. The van der Waals surface area contributed by atoms with Crippen LogP contribution in [0.15, 0.2) is 52.5 Å². The first-order valence-corrected chi connectivity index (χ1v) is 14.0. The van der Waals surface area contributed by atoms with Crippen molar-refractivity contribution in [1.29, 1.82) is 0 Å². The fourth-order valence-electron chi connectivity index (χ4n) is 4.59. The molecule has 0 aliphatic carbocycles. The molecule has 0 spiro atoms. The van der Waals surface area contributed by atoms with Gasteiger partial charge >= 0.3 is 6.18 Å². The highest BCUT2D eigenvalue weighted by atomic mass is 32.2. The van der Waals surface area contributed by atoms with E-state index in [1.54, 1.807) is 0 Å². The van der Waals surface area contributed by atoms with Crippen LogP contribution in [-0.4, -0.2) is 67.7 Å². The molecule has 2 atom stereocenters. The first-order chi connectivity index (χ1) is 18.6. The number of benzene rings is 1. The number of aromatic nitrogens is 2. The number of halogens is 4. The van der Waals surface area contributed by atoms with Gasteiger partial charge in [-0.15, -0.1) is 0 Å². The molecule has 0 radical (unpaired) electrons. The molecule has 1 aromatic carbocycles. The van der Waals surface area contributed by atoms with Crippen molar-refractivity contribution in [2.75, 3.05) is 36.6 Å². The van der Waals surface area contributed by atoms with Gasteiger partial charge in [-0.2, -0.15) is 13.2 Å². The van der Waals surface area contributed by atoms with E-state index in [2.05, 4.69) is 20.2 Å². The van der Waals surface area contributed by atoms with Crippen LogP contribution < -0.4 is 15.8 Å². The maximum atomic E-state index is 15.5. The minimum atomic E-state index is -4.98. The summed E-state index contributed by atoms with van der Waals surface area (Å²) in [6.45, 7) is 4.83. The minimum Gasteiger partial charge on any atom is -0.367 e. The highest BCUT2D eigenvalue weighted by Crippen LogP contribution is 2.37. The number of anilines is 2. The molecule has 1 fully saturated rings. The number of piperazine rings is 1. The van der Waals surface area contributed by atoms with Crippen molar-refractivity contribution in [2.24, 2.45) is 0 Å². The molecule has 1 amide bonds. The smallest absolute Gasteiger partial charge is 0.367 e. The number of carbonyl (C=O) groups is 1. The van der Waals surface area contributed by atoms with Crippen LogP contribution in [-0.2, 0) is 16.0 Å². The van der Waals surface area contributed by atoms with E-state index in [1.165, 1.54) is 24.3 Å². The minimum absolute atomic E-state index is 0.0249. The van der Waals surface area contributed by atoms with E-state index < -0.39 is 44.4 Å². The van der Waals surface area contributed by atoms with Crippen LogP contribution in [0.5, 0.6) is 0 Å². The van der Waals surface area contributed by atoms with Crippen LogP contribution in [0, 0.1) is 5.82 Å². The average molecular weight is 582 g/mol. The Morgan fingerprint density at radius 1 is 1.12 bits per heavy atom. The first-order valence-electron chi connectivity index (χ1n) is 12.1. The third kappa shape index (κ3) is 6.02. The predicted octanol–water partition coefficient (Wildman–Crippen LogP) is 3.78. The molecule has 4 rings (SSSR count). The zero-order valence-electron chi connectivity index (χ0n) is 22.0. The number of aromatic amines is 1. The van der Waals surface area contributed by atoms with Gasteiger partial charge in [0.2, 0.25) is 5.56 Å². The van der Waals surface area contributed by atoms with E-state index in [1.807, 2.05) is 25.8 Å². The number of alkyl halides is 3. The molecular formula is C26H27F4N5O4S. The molecule has 1 aliphatic rings. The Hall–Kier alpha value is -3.78. The molecule has 1 saturated heterocycles. The average Bonchev–Trinajstić information content (AvgIpc) is 2.86. The molecule has 2 N–H and O–H groups in total. The second-order valence-corrected chi connectivity index (χ2v) is 11.8. The Morgan fingerprint density at radius 2 is 1.77 bits per heavy atom. The summed E-state index contributed by atoms with van der Waals surface area (Å²) >= 11 is 0. The van der Waals surface area contributed by atoms with Gasteiger partial charge in [-0.25, -0.2) is 17.8 Å². The third-order valence-electron chi connectivity index (χ3n) is 6.94. The number of nitrogens with zero attached hydrogens (tertiary/aromatic N) is 3. The number of hydrogen-bond donors (Lipinski definition) is 2. The number of carbonyl (C=O) groups excluding carboxylic acids is 1. The SMILES string of the molecule is CC1CN(c2cc(F)c(-c3ccc(S(C)(=O)=O)nc3)cc2NC(=O)c2c[nH]c(=O)cc2C(F)(F)F)CC(C)N1C. The van der Waals surface area contributed by atoms with Crippen molar-refractivity contribution >= 4 is 27.1 Å². The summed E-state index contributed by atoms with van der Waals surface area (Å²) in [6.07, 6.45) is -2.17. The summed E-state index contributed by atoms with van der Waals surface area (Å²) in [5.74, 6) is -1.87. The molecule has 40 heavy (non-hydrogen) atoms. The van der Waals surface area contributed by atoms with Gasteiger partial charge in [0, 0.05) is 61.0 Å². The van der Waals surface area contributed by atoms with Crippen molar-refractivity contribution in [3.63, 3.8) is 0 Å². The third-order valence-corrected chi connectivity index (χ3v) is 7.94. The van der Waals surface area contributed by atoms with Crippen LogP contribution >= 0.6 is 0 Å². The molecule has 9 nitrogen and oxygen atoms in total. The monoisotopic (exact) mass is 581 g/mol. The van der Waals surface area contributed by atoms with Crippen LogP contribution in [0.25, 0.3) is 11.1 Å². The van der Waals surface area contributed by atoms with E-state index in [4.69, 9.17) is 0 Å². The van der Waals surface area contributed by atoms with Crippen LogP contribution in [0.1, 0.15) is 29.8 Å². The van der Waals surface area contributed by atoms with Crippen molar-refractivity contribution < 1.29 is 30.8 Å². The number of likely N-dealkylation sites (N-methyl/N-ethyl adjacent to an activating group) is 1. The van der Waals surface area contributed by atoms with Crippen LogP contribution in [0.2, 0.25) is 0 Å². The van der Waals surface area contributed by atoms with E-state index in [0.717, 1.165) is 12.5 Å². The Morgan fingerprint density at radius 3 is 2.33 bits per heavy atom. The predicted molar refractivity (Wildman–Crippen MR) is 142 cm³/mol. The van der Waals surface area contributed by atoms with Gasteiger partial charge in [0.15, 0.2) is 14.9 Å². The quantitative estimate of drug-likeness (QED) is 0.441. The number of sulfone groups is 1. The molecule has 14 heteroatoms. The van der Waals surface area contributed by atoms with Crippen molar-refractivity contribution in [1.82, 2.24) is 14.9 Å². The summed E-state index contributed by atoms with van der Waals surface area (Å²) in [6, 6.07) is 5.37. The number of hydrogen-bond acceptors (Lipinski definition) is 7. The molecule has 0 saturated carbocycles. The van der Waals surface area contributed by atoms with Gasteiger partial charge in [0.1, 0.15) is 5.82 Å². The number of amides is 1. The molecule has 2 aromatic heterocycles. The number of rotatable bonds is 5. The fraction of sp³-hybridized carbons (Fsp3) is 0.346. The molecule has 214 valence electrons. The summed E-state index contributed by atoms with van der Waals surface area (Å²) in [4.78, 5) is 34.7. The number of nitrogens with one attached hydrogen (secondary N) is 2. The van der Waals surface area contributed by atoms with Gasteiger partial charge in [0.25, 0.3) is 5.91 Å². The normalized spacial score (nSPS) is 18.6. The highest BCUT2D eigenvalue weighted by molar-refractivity contribution is 7.90. The van der Waals surface area contributed by atoms with Crippen molar-refractivity contribution in [3.8, 4) is 11.1 Å². The lowest BCUT2D eigenvalue weighted by molar-refractivity contribution is -0.138. The molecule has 3 aromatic rings. The Balaban J connectivity index is 1.83. The largest absolute Gasteiger partial charge is 0.417 e. The standard InChI is InChI=1S/C26H27F4N5O4S/c1-14-12-35(13-15(2)34(14)3)22-9-20(27)17(16-5-6-24(32-10-16)40(4,38)39)7-21(22)33-25(37)18-11-31-23(36)8-19(18)26(28,29)30/h5-11,14-15H,12-13H2,1-4H3,(H,31,36)(H,33,37). The maximum absolute atomic E-state index is 15.5. The van der Waals surface area contributed by atoms with Gasteiger partial charge in [-0.05, 0) is 45.2 Å². The van der Waals surface area contributed by atoms with Crippen LogP contribution in [0.4, 0.5) is 28.9 Å². The summed E-state index contributed by atoms with van der Waals surface area (Å²) < 4.78 is 80.0. The summed E-state index contributed by atoms with van der Waals surface area (Å²) in [5, 5.41) is 2.25. The molecular weight excluding hydrogens is 554 g/mol. The topological polar surface area (TPSA) is 115 Å². The lowest BCUT2D eigenvalue weighted by atomic mass is 10.0. The maximum Gasteiger partial charge on any atom is 0.417 e. The van der Waals surface area contributed by atoms with Crippen LogP contribution in [0.3, 0.4) is 0 Å². The van der Waals surface area contributed by atoms with Gasteiger partial charge < -0.3 is 15.2 Å². The number of pyridine rings is 2. The molecule has 1 aliphatic heterocycles. The Bertz CT molecular complexity index is 1590. The van der Waals surface area contributed by atoms with E-state index in [-0.39, 0.29) is 39.6 Å². The van der Waals surface area contributed by atoms with E-state index in [0.29, 0.717) is 25.4 Å². The van der Waals surface area contributed by atoms with E-state index >= 15 is 4.39 Å². The lowest BCUT2D eigenvalue weighted by Crippen LogP contribution is -2.55. The Labute approximate surface area is 227 Å². The fourth-order valence-corrected chi connectivity index (χ4v) is 5.15. The second-order valence-electron chi connectivity index (χ2n) is 9.85. The second kappa shape index (κ2) is 10.7.